The summed E-state index contributed by atoms with van der Waals surface area (Å²) in [6, 6.07) is 6.65. The van der Waals surface area contributed by atoms with Crippen LogP contribution in [0.25, 0.3) is 22.3 Å². The fraction of sp³-hybridized carbons (Fsp3) is 0.273. The SMILES string of the molecule is CS(=O)(=O)c1ccc(-c2cc(N3CCNCC3)c(S(N)(=O)=O)c(C(F)(F)F)c2-c2cncnc2)cc1. The molecule has 0 radical (unpaired) electrons. The van der Waals surface area contributed by atoms with Crippen molar-refractivity contribution in [3.05, 3.63) is 54.6 Å². The summed E-state index contributed by atoms with van der Waals surface area (Å²) >= 11 is 0. The van der Waals surface area contributed by atoms with Crippen LogP contribution in [0.15, 0.2) is 58.8 Å². The second-order valence-corrected chi connectivity index (χ2v) is 11.7. The van der Waals surface area contributed by atoms with E-state index in [1.165, 1.54) is 35.2 Å². The normalized spacial score (nSPS) is 15.2. The molecule has 14 heteroatoms. The molecule has 1 saturated heterocycles. The number of rotatable bonds is 5. The first-order valence-corrected chi connectivity index (χ1v) is 14.0. The van der Waals surface area contributed by atoms with Crippen LogP contribution in [-0.4, -0.2) is 59.2 Å². The lowest BCUT2D eigenvalue weighted by Gasteiger charge is -2.33. The van der Waals surface area contributed by atoms with Gasteiger partial charge in [-0.15, -0.1) is 0 Å². The molecular formula is C22H22F3N5O4S2. The molecule has 0 spiro atoms. The summed E-state index contributed by atoms with van der Waals surface area (Å²) in [6.07, 6.45) is -0.696. The molecule has 0 saturated carbocycles. The fourth-order valence-electron chi connectivity index (χ4n) is 4.19. The average molecular weight is 542 g/mol. The summed E-state index contributed by atoms with van der Waals surface area (Å²) in [7, 11) is -8.41. The van der Waals surface area contributed by atoms with E-state index in [1.807, 2.05) is 0 Å². The van der Waals surface area contributed by atoms with Gasteiger partial charge < -0.3 is 10.2 Å². The van der Waals surface area contributed by atoms with E-state index in [2.05, 4.69) is 15.3 Å². The zero-order valence-electron chi connectivity index (χ0n) is 18.9. The maximum absolute atomic E-state index is 14.7. The molecule has 36 heavy (non-hydrogen) atoms. The van der Waals surface area contributed by atoms with Gasteiger partial charge in [0, 0.05) is 56.0 Å². The Morgan fingerprint density at radius 1 is 0.972 bits per heavy atom. The van der Waals surface area contributed by atoms with Gasteiger partial charge in [0.1, 0.15) is 11.2 Å². The van der Waals surface area contributed by atoms with Crippen LogP contribution in [0.1, 0.15) is 5.56 Å². The Morgan fingerprint density at radius 2 is 1.56 bits per heavy atom. The average Bonchev–Trinajstić information content (AvgIpc) is 2.82. The van der Waals surface area contributed by atoms with Gasteiger partial charge in [0.15, 0.2) is 9.84 Å². The van der Waals surface area contributed by atoms with Crippen molar-refractivity contribution in [2.24, 2.45) is 5.14 Å². The van der Waals surface area contributed by atoms with Crippen molar-refractivity contribution >= 4 is 25.5 Å². The highest BCUT2D eigenvalue weighted by molar-refractivity contribution is 7.90. The van der Waals surface area contributed by atoms with Crippen molar-refractivity contribution in [1.29, 1.82) is 0 Å². The molecule has 0 atom stereocenters. The Labute approximate surface area is 206 Å². The highest BCUT2D eigenvalue weighted by Crippen LogP contribution is 2.49. The lowest BCUT2D eigenvalue weighted by atomic mass is 9.90. The molecule has 3 aromatic rings. The van der Waals surface area contributed by atoms with Gasteiger partial charge in [-0.25, -0.2) is 31.9 Å². The van der Waals surface area contributed by atoms with Crippen LogP contribution >= 0.6 is 0 Å². The number of halogens is 3. The topological polar surface area (TPSA) is 135 Å². The number of anilines is 1. The van der Waals surface area contributed by atoms with E-state index in [4.69, 9.17) is 5.14 Å². The van der Waals surface area contributed by atoms with Gasteiger partial charge in [-0.05, 0) is 29.3 Å². The van der Waals surface area contributed by atoms with Crippen LogP contribution in [0.4, 0.5) is 18.9 Å². The molecule has 1 aromatic heterocycles. The van der Waals surface area contributed by atoms with Gasteiger partial charge >= 0.3 is 6.18 Å². The maximum Gasteiger partial charge on any atom is 0.418 e. The first kappa shape index (κ1) is 26.0. The number of hydrogen-bond acceptors (Lipinski definition) is 8. The number of hydrogen-bond donors (Lipinski definition) is 2. The first-order chi connectivity index (χ1) is 16.8. The van der Waals surface area contributed by atoms with E-state index >= 15 is 0 Å². The number of aromatic nitrogens is 2. The quantitative estimate of drug-likeness (QED) is 0.502. The van der Waals surface area contributed by atoms with E-state index in [-0.39, 0.29) is 40.4 Å². The molecule has 9 nitrogen and oxygen atoms in total. The second kappa shape index (κ2) is 9.42. The van der Waals surface area contributed by atoms with E-state index in [1.54, 1.807) is 0 Å². The molecule has 0 amide bonds. The molecule has 0 aliphatic carbocycles. The van der Waals surface area contributed by atoms with Crippen LogP contribution in [0, 0.1) is 0 Å². The van der Waals surface area contributed by atoms with Crippen LogP contribution in [-0.2, 0) is 26.0 Å². The molecule has 4 rings (SSSR count). The minimum atomic E-state index is -5.13. The number of nitrogens with zero attached hydrogens (tertiary/aromatic N) is 3. The molecule has 3 N–H and O–H groups in total. The molecular weight excluding hydrogens is 519 g/mol. The Kier molecular flexibility index (Phi) is 6.81. The Hall–Kier alpha value is -3.07. The molecule has 0 unspecified atom stereocenters. The fourth-order valence-corrected chi connectivity index (χ4v) is 5.80. The van der Waals surface area contributed by atoms with Gasteiger partial charge in [-0.1, -0.05) is 12.1 Å². The Bertz CT molecular complexity index is 1490. The number of alkyl halides is 3. The molecule has 2 aromatic carbocycles. The van der Waals surface area contributed by atoms with E-state index in [0.29, 0.717) is 13.1 Å². The van der Waals surface area contributed by atoms with Crippen molar-refractivity contribution in [2.45, 2.75) is 16.0 Å². The minimum absolute atomic E-state index is 0.0182. The first-order valence-electron chi connectivity index (χ1n) is 10.6. The third-order valence-corrected chi connectivity index (χ3v) is 7.84. The van der Waals surface area contributed by atoms with Gasteiger partial charge in [0.25, 0.3) is 0 Å². The summed E-state index contributed by atoms with van der Waals surface area (Å²) in [5.74, 6) is 0. The third kappa shape index (κ3) is 5.21. The lowest BCUT2D eigenvalue weighted by molar-refractivity contribution is -0.139. The second-order valence-electron chi connectivity index (χ2n) is 8.23. The molecule has 1 fully saturated rings. The zero-order valence-corrected chi connectivity index (χ0v) is 20.6. The lowest BCUT2D eigenvalue weighted by Crippen LogP contribution is -2.44. The number of sulfonamides is 1. The van der Waals surface area contributed by atoms with Gasteiger partial charge in [-0.2, -0.15) is 13.2 Å². The monoisotopic (exact) mass is 541 g/mol. The highest BCUT2D eigenvalue weighted by atomic mass is 32.2. The van der Waals surface area contributed by atoms with Crippen molar-refractivity contribution in [1.82, 2.24) is 15.3 Å². The van der Waals surface area contributed by atoms with Gasteiger partial charge in [0.2, 0.25) is 10.0 Å². The van der Waals surface area contributed by atoms with Crippen molar-refractivity contribution in [3.8, 4) is 22.3 Å². The largest absolute Gasteiger partial charge is 0.418 e. The molecule has 1 aliphatic heterocycles. The number of nitrogens with one attached hydrogen (secondary N) is 1. The molecule has 1 aliphatic rings. The predicted molar refractivity (Wildman–Crippen MR) is 127 cm³/mol. The number of piperazine rings is 1. The summed E-state index contributed by atoms with van der Waals surface area (Å²) in [5.41, 5.74) is -1.91. The van der Waals surface area contributed by atoms with Gasteiger partial charge in [0.05, 0.1) is 16.1 Å². The smallest absolute Gasteiger partial charge is 0.368 e. The number of benzene rings is 2. The van der Waals surface area contributed by atoms with Gasteiger partial charge in [-0.3, -0.25) is 0 Å². The summed E-state index contributed by atoms with van der Waals surface area (Å²) in [4.78, 5) is 8.10. The van der Waals surface area contributed by atoms with Crippen molar-refractivity contribution < 1.29 is 30.0 Å². The standard InChI is InChI=1S/C22H22F3N5O4S2/c1-35(31,32)16-4-2-14(3-5-16)17-10-18(30-8-6-27-7-9-30)21(36(26,33)34)20(22(23,24)25)19(17)15-11-28-13-29-12-15/h2-5,10-13,27H,6-9H2,1H3,(H2,26,33,34). The minimum Gasteiger partial charge on any atom is -0.368 e. The highest BCUT2D eigenvalue weighted by Gasteiger charge is 2.43. The summed E-state index contributed by atoms with van der Waals surface area (Å²) in [5, 5.41) is 8.47. The Balaban J connectivity index is 2.16. The van der Waals surface area contributed by atoms with E-state index < -0.39 is 42.1 Å². The van der Waals surface area contributed by atoms with Crippen LogP contribution in [0.3, 0.4) is 0 Å². The van der Waals surface area contributed by atoms with Crippen LogP contribution < -0.4 is 15.4 Å². The summed E-state index contributed by atoms with van der Waals surface area (Å²) in [6.45, 7) is 1.36. The molecule has 0 bridgehead atoms. The number of primary sulfonamides is 1. The third-order valence-electron chi connectivity index (χ3n) is 5.73. The van der Waals surface area contributed by atoms with Crippen molar-refractivity contribution in [3.63, 3.8) is 0 Å². The molecule has 2 heterocycles. The van der Waals surface area contributed by atoms with E-state index in [0.717, 1.165) is 25.0 Å². The van der Waals surface area contributed by atoms with Crippen LogP contribution in [0.2, 0.25) is 0 Å². The number of sulfone groups is 1. The Morgan fingerprint density at radius 3 is 2.06 bits per heavy atom. The number of nitrogens with two attached hydrogens (primary N) is 1. The molecule has 192 valence electrons. The van der Waals surface area contributed by atoms with Crippen LogP contribution in [0.5, 0.6) is 0 Å². The zero-order chi connectivity index (χ0) is 26.3. The van der Waals surface area contributed by atoms with E-state index in [9.17, 15) is 30.0 Å². The predicted octanol–water partition coefficient (Wildman–Crippen LogP) is 2.29. The summed E-state index contributed by atoms with van der Waals surface area (Å²) < 4.78 is 93.4. The van der Waals surface area contributed by atoms with Crippen molar-refractivity contribution in [2.75, 3.05) is 37.3 Å². The maximum atomic E-state index is 14.7.